The predicted octanol–water partition coefficient (Wildman–Crippen LogP) is 1.09. The van der Waals surface area contributed by atoms with Gasteiger partial charge in [0.05, 0.1) is 18.2 Å². The fraction of sp³-hybridized carbons (Fsp3) is 0.304. The Morgan fingerprint density at radius 3 is 2.79 bits per heavy atom. The number of anilines is 1. The van der Waals surface area contributed by atoms with Gasteiger partial charge in [-0.2, -0.15) is 0 Å². The summed E-state index contributed by atoms with van der Waals surface area (Å²) in [5.41, 5.74) is 0.716. The van der Waals surface area contributed by atoms with Gasteiger partial charge in [0.2, 0.25) is 5.91 Å². The highest BCUT2D eigenvalue weighted by atomic mass is 19.1. The monoisotopic (exact) mass is 456 g/mol. The topological polar surface area (TPSA) is 122 Å². The van der Waals surface area contributed by atoms with E-state index < -0.39 is 42.2 Å². The summed E-state index contributed by atoms with van der Waals surface area (Å²) in [6.45, 7) is -0.794. The maximum Gasteiger partial charge on any atom is 0.329 e. The van der Waals surface area contributed by atoms with Gasteiger partial charge < -0.3 is 24.8 Å². The summed E-state index contributed by atoms with van der Waals surface area (Å²) in [5.74, 6) is -2.35. The van der Waals surface area contributed by atoms with Crippen molar-refractivity contribution in [2.24, 2.45) is 0 Å². The molecule has 0 aromatic heterocycles. The van der Waals surface area contributed by atoms with Crippen LogP contribution in [0, 0.1) is 5.82 Å². The van der Waals surface area contributed by atoms with Crippen molar-refractivity contribution in [3.05, 3.63) is 59.4 Å². The molecular weight excluding hydrogens is 435 g/mol. The summed E-state index contributed by atoms with van der Waals surface area (Å²) in [5, 5.41) is 12.6. The molecule has 2 heterocycles. The van der Waals surface area contributed by atoms with Crippen LogP contribution in [-0.2, 0) is 25.5 Å². The Labute approximate surface area is 188 Å². The first kappa shape index (κ1) is 22.4. The molecule has 1 saturated heterocycles. The van der Waals surface area contributed by atoms with Crippen LogP contribution in [0.2, 0.25) is 0 Å². The second-order valence-corrected chi connectivity index (χ2v) is 7.80. The zero-order valence-corrected chi connectivity index (χ0v) is 17.5. The van der Waals surface area contributed by atoms with E-state index in [2.05, 4.69) is 5.32 Å². The Hall–Kier alpha value is -3.79. The summed E-state index contributed by atoms with van der Waals surface area (Å²) >= 11 is 0. The van der Waals surface area contributed by atoms with Gasteiger partial charge in [-0.3, -0.25) is 14.4 Å². The summed E-state index contributed by atoms with van der Waals surface area (Å²) in [4.78, 5) is 50.4. The average molecular weight is 456 g/mol. The number of hydrogen-bond donors (Lipinski definition) is 2. The molecule has 2 aliphatic heterocycles. The zero-order valence-electron chi connectivity index (χ0n) is 17.5. The molecule has 2 atom stereocenters. The molecule has 0 aliphatic carbocycles. The van der Waals surface area contributed by atoms with Crippen LogP contribution in [0.4, 0.5) is 10.1 Å². The number of esters is 1. The molecule has 4 rings (SSSR count). The number of aliphatic hydroxyl groups is 1. The number of hydrogen-bond acceptors (Lipinski definition) is 7. The molecule has 2 aromatic rings. The minimum atomic E-state index is -1.08. The highest BCUT2D eigenvalue weighted by Crippen LogP contribution is 2.28. The Bertz CT molecular complexity index is 1120. The average Bonchev–Trinajstić information content (AvgIpc) is 3.20. The highest BCUT2D eigenvalue weighted by molar-refractivity contribution is 6.02. The third kappa shape index (κ3) is 5.01. The molecule has 9 nitrogen and oxygen atoms in total. The number of likely N-dealkylation sites (tertiary alicyclic amines) is 1. The van der Waals surface area contributed by atoms with Gasteiger partial charge in [0.15, 0.2) is 19.0 Å². The second kappa shape index (κ2) is 9.37. The molecule has 10 heteroatoms. The number of rotatable bonds is 6. The lowest BCUT2D eigenvalue weighted by Gasteiger charge is -2.23. The van der Waals surface area contributed by atoms with Crippen molar-refractivity contribution in [1.82, 2.24) is 4.90 Å². The van der Waals surface area contributed by atoms with Crippen LogP contribution in [0.3, 0.4) is 0 Å². The van der Waals surface area contributed by atoms with E-state index in [9.17, 15) is 28.7 Å². The number of halogens is 1. The van der Waals surface area contributed by atoms with Crippen molar-refractivity contribution < 1.29 is 38.1 Å². The van der Waals surface area contributed by atoms with E-state index in [0.717, 1.165) is 4.90 Å². The number of benzene rings is 2. The largest absolute Gasteiger partial charge is 0.482 e. The SMILES string of the molecule is O=C1COc2ccc(C(=O)COC(=O)C3CC(O)CN3C(=O)Cc3ccccc3F)cc2N1. The molecular formula is C23H21FN2O7. The summed E-state index contributed by atoms with van der Waals surface area (Å²) in [7, 11) is 0. The maximum atomic E-state index is 13.9. The van der Waals surface area contributed by atoms with Gasteiger partial charge in [0.1, 0.15) is 17.6 Å². The number of fused-ring (bicyclic) bond motifs is 1. The van der Waals surface area contributed by atoms with E-state index >= 15 is 0 Å². The van der Waals surface area contributed by atoms with Gasteiger partial charge >= 0.3 is 5.97 Å². The van der Waals surface area contributed by atoms with Crippen LogP contribution in [-0.4, -0.2) is 65.5 Å². The molecule has 33 heavy (non-hydrogen) atoms. The van der Waals surface area contributed by atoms with Gasteiger partial charge in [-0.25, -0.2) is 9.18 Å². The zero-order chi connectivity index (χ0) is 23.5. The molecule has 0 bridgehead atoms. The molecule has 2 aliphatic rings. The summed E-state index contributed by atoms with van der Waals surface area (Å²) in [6, 6.07) is 9.16. The van der Waals surface area contributed by atoms with Gasteiger partial charge in [0, 0.05) is 18.5 Å². The molecule has 0 radical (unpaired) electrons. The van der Waals surface area contributed by atoms with E-state index in [0.29, 0.717) is 11.4 Å². The van der Waals surface area contributed by atoms with Crippen LogP contribution in [0.1, 0.15) is 22.3 Å². The molecule has 2 amide bonds. The van der Waals surface area contributed by atoms with Gasteiger partial charge in [-0.05, 0) is 29.8 Å². The van der Waals surface area contributed by atoms with Crippen LogP contribution >= 0.6 is 0 Å². The maximum absolute atomic E-state index is 13.9. The first-order chi connectivity index (χ1) is 15.8. The number of β-amino-alcohol motifs (C(OH)–C–C–N with tert-alkyl or cyclic N) is 1. The van der Waals surface area contributed by atoms with Crippen LogP contribution in [0.25, 0.3) is 0 Å². The third-order valence-corrected chi connectivity index (χ3v) is 5.45. The first-order valence-corrected chi connectivity index (χ1v) is 10.3. The van der Waals surface area contributed by atoms with Gasteiger partial charge in [-0.1, -0.05) is 18.2 Å². The van der Waals surface area contributed by atoms with E-state index in [1.54, 1.807) is 6.07 Å². The standard InChI is InChI=1S/C23H21FN2O7/c24-16-4-2-1-3-13(16)8-22(30)26-10-15(27)9-18(26)23(31)33-11-19(28)14-5-6-20-17(7-14)25-21(29)12-32-20/h1-7,15,18,27H,8-12H2,(H,25,29). The fourth-order valence-corrected chi connectivity index (χ4v) is 3.79. The van der Waals surface area contributed by atoms with Crippen LogP contribution in [0.5, 0.6) is 5.75 Å². The van der Waals surface area contributed by atoms with E-state index in [1.807, 2.05) is 0 Å². The molecule has 2 unspecified atom stereocenters. The predicted molar refractivity (Wildman–Crippen MR) is 112 cm³/mol. The van der Waals surface area contributed by atoms with Crippen molar-refractivity contribution in [1.29, 1.82) is 0 Å². The Balaban J connectivity index is 1.38. The highest BCUT2D eigenvalue weighted by Gasteiger charge is 2.40. The van der Waals surface area contributed by atoms with Crippen molar-refractivity contribution >= 4 is 29.3 Å². The molecule has 172 valence electrons. The molecule has 2 N–H and O–H groups in total. The Morgan fingerprint density at radius 2 is 2.00 bits per heavy atom. The van der Waals surface area contributed by atoms with E-state index in [-0.39, 0.29) is 43.0 Å². The third-order valence-electron chi connectivity index (χ3n) is 5.45. The molecule has 2 aromatic carbocycles. The molecule has 1 fully saturated rings. The summed E-state index contributed by atoms with van der Waals surface area (Å²) in [6.07, 6.45) is -1.25. The number of ketones is 1. The number of carbonyl (C=O) groups is 4. The van der Waals surface area contributed by atoms with Gasteiger partial charge in [0.25, 0.3) is 5.91 Å². The van der Waals surface area contributed by atoms with Crippen molar-refractivity contribution in [2.45, 2.75) is 25.0 Å². The van der Waals surface area contributed by atoms with Crippen molar-refractivity contribution in [3.8, 4) is 5.75 Å². The number of nitrogens with zero attached hydrogens (tertiary/aromatic N) is 1. The normalized spacial score (nSPS) is 19.3. The second-order valence-electron chi connectivity index (χ2n) is 7.80. The number of Topliss-reactive ketones (excluding diaryl/α,β-unsaturated/α-hetero) is 1. The van der Waals surface area contributed by atoms with Crippen LogP contribution in [0.15, 0.2) is 42.5 Å². The quantitative estimate of drug-likeness (QED) is 0.493. The number of nitrogens with one attached hydrogen (secondary N) is 1. The smallest absolute Gasteiger partial charge is 0.329 e. The van der Waals surface area contributed by atoms with E-state index in [4.69, 9.17) is 9.47 Å². The molecule has 0 saturated carbocycles. The molecule has 0 spiro atoms. The number of carbonyl (C=O) groups excluding carboxylic acids is 4. The lowest BCUT2D eigenvalue weighted by Crippen LogP contribution is -2.42. The lowest BCUT2D eigenvalue weighted by atomic mass is 10.1. The van der Waals surface area contributed by atoms with Gasteiger partial charge in [-0.15, -0.1) is 0 Å². The number of ether oxygens (including phenoxy) is 2. The van der Waals surface area contributed by atoms with Crippen molar-refractivity contribution in [2.75, 3.05) is 25.1 Å². The summed E-state index contributed by atoms with van der Waals surface area (Å²) < 4.78 is 24.2. The number of aliphatic hydroxyl groups excluding tert-OH is 1. The lowest BCUT2D eigenvalue weighted by molar-refractivity contribution is -0.152. The Morgan fingerprint density at radius 1 is 1.21 bits per heavy atom. The number of amides is 2. The first-order valence-electron chi connectivity index (χ1n) is 10.3. The van der Waals surface area contributed by atoms with Crippen LogP contribution < -0.4 is 10.1 Å². The fourth-order valence-electron chi connectivity index (χ4n) is 3.79. The van der Waals surface area contributed by atoms with Crippen molar-refractivity contribution in [3.63, 3.8) is 0 Å². The minimum absolute atomic E-state index is 0.0434. The Kier molecular flexibility index (Phi) is 6.36. The van der Waals surface area contributed by atoms with E-state index in [1.165, 1.54) is 36.4 Å². The minimum Gasteiger partial charge on any atom is -0.482 e.